The number of aliphatic imine (C=N–C) groups is 1. The highest BCUT2D eigenvalue weighted by Gasteiger charge is 2.33. The number of hydrogen-bond donors (Lipinski definition) is 2. The fourth-order valence-corrected chi connectivity index (χ4v) is 3.37. The summed E-state index contributed by atoms with van der Waals surface area (Å²) in [7, 11) is -2.91. The second-order valence-electron chi connectivity index (χ2n) is 4.93. The van der Waals surface area contributed by atoms with Gasteiger partial charge in [-0.2, -0.15) is 0 Å². The van der Waals surface area contributed by atoms with Gasteiger partial charge in [0.1, 0.15) is 0 Å². The monoisotopic (exact) mass is 341 g/mol. The number of urea groups is 1. The van der Waals surface area contributed by atoms with Crippen molar-refractivity contribution in [2.45, 2.75) is 32.9 Å². The molecule has 0 bridgehead atoms. The molecular formula is C13H19N5O4S. The fourth-order valence-electron chi connectivity index (χ4n) is 1.95. The Morgan fingerprint density at radius 3 is 2.13 bits per heavy atom. The van der Waals surface area contributed by atoms with Crippen molar-refractivity contribution in [2.75, 3.05) is 12.4 Å². The summed E-state index contributed by atoms with van der Waals surface area (Å²) in [5.41, 5.74) is 1.32. The summed E-state index contributed by atoms with van der Waals surface area (Å²) in [4.78, 5) is 35.1. The number of amides is 2. The van der Waals surface area contributed by atoms with Gasteiger partial charge in [-0.3, -0.25) is 15.1 Å². The maximum Gasteiger partial charge on any atom is 0.335 e. The van der Waals surface area contributed by atoms with Gasteiger partial charge in [0.15, 0.2) is 11.0 Å². The zero-order valence-corrected chi connectivity index (χ0v) is 14.4. The van der Waals surface area contributed by atoms with Crippen LogP contribution in [-0.2, 0) is 14.8 Å². The van der Waals surface area contributed by atoms with E-state index in [1.807, 2.05) is 0 Å². The summed E-state index contributed by atoms with van der Waals surface area (Å²) in [5.74, 6) is -0.675. The number of anilines is 1. The number of sulfonamides is 1. The quantitative estimate of drug-likeness (QED) is 0.754. The molecule has 0 radical (unpaired) electrons. The number of nitrogens with zero attached hydrogens (tertiary/aromatic N) is 3. The third kappa shape index (κ3) is 5.09. The molecule has 0 aliphatic heterocycles. The Balaban J connectivity index is 2.96. The Hall–Kier alpha value is -2.36. The van der Waals surface area contributed by atoms with Gasteiger partial charge in [-0.1, -0.05) is 0 Å². The minimum absolute atomic E-state index is 0.0320. The summed E-state index contributed by atoms with van der Waals surface area (Å²) in [6.07, 6.45) is 0. The molecule has 1 atom stereocenters. The maximum atomic E-state index is 12.2. The van der Waals surface area contributed by atoms with Gasteiger partial charge in [-0.05, 0) is 33.8 Å². The van der Waals surface area contributed by atoms with Crippen LogP contribution in [0.25, 0.3) is 0 Å². The van der Waals surface area contributed by atoms with E-state index >= 15 is 0 Å². The predicted octanol–water partition coefficient (Wildman–Crippen LogP) is 0.593. The first-order valence-electron chi connectivity index (χ1n) is 6.65. The van der Waals surface area contributed by atoms with Crippen LogP contribution < -0.4 is 10.0 Å². The fraction of sp³-hybridized carbons (Fsp3) is 0.462. The lowest BCUT2D eigenvalue weighted by atomic mass is 10.2. The Morgan fingerprint density at radius 2 is 1.70 bits per heavy atom. The molecule has 0 spiro atoms. The minimum Gasteiger partial charge on any atom is -0.298 e. The van der Waals surface area contributed by atoms with Crippen molar-refractivity contribution in [3.8, 4) is 0 Å². The van der Waals surface area contributed by atoms with Crippen molar-refractivity contribution in [3.63, 3.8) is 0 Å². The highest BCUT2D eigenvalue weighted by molar-refractivity contribution is 7.92. The lowest BCUT2D eigenvalue weighted by Gasteiger charge is -2.15. The Labute approximate surface area is 134 Å². The van der Waals surface area contributed by atoms with Crippen LogP contribution in [0.15, 0.2) is 11.1 Å². The molecule has 10 heteroatoms. The number of ketones is 1. The standard InChI is InChI=1S/C13H19N5O4S/c1-7-6-8(2)16-12(15-7)17-13(20)18-23(21,22)11(10(4)19)9(3)14-5/h6,11H,1-5H3,(H2,15,16,17,18,20). The van der Waals surface area contributed by atoms with Crippen molar-refractivity contribution >= 4 is 33.5 Å². The van der Waals surface area contributed by atoms with Crippen LogP contribution in [0.1, 0.15) is 25.2 Å². The number of Topliss-reactive ketones (excluding diaryl/α,β-unsaturated/α-hetero) is 1. The van der Waals surface area contributed by atoms with E-state index in [0.717, 1.165) is 6.92 Å². The zero-order valence-electron chi connectivity index (χ0n) is 13.5. The van der Waals surface area contributed by atoms with E-state index < -0.39 is 27.1 Å². The van der Waals surface area contributed by atoms with Crippen LogP contribution in [0, 0.1) is 13.8 Å². The molecule has 0 aliphatic rings. The van der Waals surface area contributed by atoms with Gasteiger partial charge in [0.25, 0.3) is 10.0 Å². The first-order valence-corrected chi connectivity index (χ1v) is 8.20. The molecule has 0 aromatic carbocycles. The van der Waals surface area contributed by atoms with Crippen LogP contribution in [0.3, 0.4) is 0 Å². The first kappa shape index (κ1) is 18.7. The van der Waals surface area contributed by atoms with Crippen LogP contribution in [0.4, 0.5) is 10.7 Å². The van der Waals surface area contributed by atoms with E-state index in [0.29, 0.717) is 11.4 Å². The molecule has 1 heterocycles. The molecule has 9 nitrogen and oxygen atoms in total. The molecule has 23 heavy (non-hydrogen) atoms. The summed E-state index contributed by atoms with van der Waals surface area (Å²) in [6, 6.07) is 0.650. The highest BCUT2D eigenvalue weighted by Crippen LogP contribution is 2.06. The van der Waals surface area contributed by atoms with Crippen molar-refractivity contribution < 1.29 is 18.0 Å². The van der Waals surface area contributed by atoms with Crippen molar-refractivity contribution in [1.29, 1.82) is 0 Å². The van der Waals surface area contributed by atoms with E-state index in [2.05, 4.69) is 20.3 Å². The third-order valence-electron chi connectivity index (χ3n) is 2.85. The summed E-state index contributed by atoms with van der Waals surface area (Å²) >= 11 is 0. The van der Waals surface area contributed by atoms with Crippen molar-refractivity contribution in [2.24, 2.45) is 4.99 Å². The van der Waals surface area contributed by atoms with Crippen molar-refractivity contribution in [3.05, 3.63) is 17.5 Å². The lowest BCUT2D eigenvalue weighted by Crippen LogP contribution is -2.46. The molecule has 0 saturated carbocycles. The van der Waals surface area contributed by atoms with Gasteiger partial charge in [-0.15, -0.1) is 0 Å². The molecule has 0 fully saturated rings. The van der Waals surface area contributed by atoms with Crippen molar-refractivity contribution in [1.82, 2.24) is 14.7 Å². The van der Waals surface area contributed by atoms with Crippen LogP contribution in [-0.4, -0.2) is 48.2 Å². The van der Waals surface area contributed by atoms with E-state index in [4.69, 9.17) is 0 Å². The number of nitrogens with one attached hydrogen (secondary N) is 2. The van der Waals surface area contributed by atoms with E-state index in [-0.39, 0.29) is 11.7 Å². The molecular weight excluding hydrogens is 322 g/mol. The highest BCUT2D eigenvalue weighted by atomic mass is 32.2. The third-order valence-corrected chi connectivity index (χ3v) is 4.62. The molecule has 126 valence electrons. The lowest BCUT2D eigenvalue weighted by molar-refractivity contribution is -0.115. The second kappa shape index (κ2) is 7.27. The molecule has 1 aromatic rings. The zero-order chi connectivity index (χ0) is 17.8. The number of carbonyl (C=O) groups is 2. The van der Waals surface area contributed by atoms with E-state index in [1.54, 1.807) is 24.6 Å². The van der Waals surface area contributed by atoms with Gasteiger partial charge in [0, 0.05) is 24.1 Å². The number of aryl methyl sites for hydroxylation is 2. The van der Waals surface area contributed by atoms with Crippen LogP contribution >= 0.6 is 0 Å². The summed E-state index contributed by atoms with van der Waals surface area (Å²) < 4.78 is 26.2. The predicted molar refractivity (Wildman–Crippen MR) is 86.1 cm³/mol. The largest absolute Gasteiger partial charge is 0.335 e. The molecule has 2 amide bonds. The van der Waals surface area contributed by atoms with Crippen LogP contribution in [0.2, 0.25) is 0 Å². The number of rotatable bonds is 5. The number of aromatic nitrogens is 2. The van der Waals surface area contributed by atoms with Gasteiger partial charge < -0.3 is 0 Å². The smallest absolute Gasteiger partial charge is 0.298 e. The van der Waals surface area contributed by atoms with Gasteiger partial charge in [-0.25, -0.2) is 27.9 Å². The van der Waals surface area contributed by atoms with Crippen LogP contribution in [0.5, 0.6) is 0 Å². The van der Waals surface area contributed by atoms with Gasteiger partial charge in [0.2, 0.25) is 5.95 Å². The second-order valence-corrected chi connectivity index (χ2v) is 6.70. The van der Waals surface area contributed by atoms with E-state index in [9.17, 15) is 18.0 Å². The number of hydrogen-bond acceptors (Lipinski definition) is 7. The average Bonchev–Trinajstić information content (AvgIpc) is 2.35. The Kier molecular flexibility index (Phi) is 5.91. The maximum absolute atomic E-state index is 12.2. The SMILES string of the molecule is CN=C(C)C(C(C)=O)S(=O)(=O)NC(=O)Nc1nc(C)cc(C)n1. The molecule has 2 N–H and O–H groups in total. The van der Waals surface area contributed by atoms with Gasteiger partial charge in [0.05, 0.1) is 0 Å². The molecule has 1 rings (SSSR count). The number of carbonyl (C=O) groups excluding carboxylic acids is 2. The first-order chi connectivity index (χ1) is 10.6. The molecule has 0 aliphatic carbocycles. The summed E-state index contributed by atoms with van der Waals surface area (Å²) in [5, 5.41) is 0.699. The normalized spacial score (nSPS) is 13.3. The molecule has 1 aromatic heterocycles. The topological polar surface area (TPSA) is 130 Å². The molecule has 1 unspecified atom stereocenters. The Morgan fingerprint density at radius 1 is 1.17 bits per heavy atom. The minimum atomic E-state index is -4.27. The summed E-state index contributed by atoms with van der Waals surface area (Å²) in [6.45, 7) is 5.93. The van der Waals surface area contributed by atoms with E-state index in [1.165, 1.54) is 14.0 Å². The Bertz CT molecular complexity index is 737. The average molecular weight is 341 g/mol. The molecule has 0 saturated heterocycles. The van der Waals surface area contributed by atoms with Gasteiger partial charge >= 0.3 is 6.03 Å².